The van der Waals surface area contributed by atoms with Gasteiger partial charge in [-0.25, -0.2) is 4.39 Å². The zero-order chi connectivity index (χ0) is 11.1. The SMILES string of the molecule is CN(CCCN)CCc1ccc(F)cc1. The van der Waals surface area contributed by atoms with Crippen LogP contribution < -0.4 is 5.73 Å². The van der Waals surface area contributed by atoms with E-state index in [0.29, 0.717) is 0 Å². The quantitative estimate of drug-likeness (QED) is 0.773. The van der Waals surface area contributed by atoms with E-state index >= 15 is 0 Å². The maximum Gasteiger partial charge on any atom is 0.123 e. The van der Waals surface area contributed by atoms with Gasteiger partial charge in [0.05, 0.1) is 0 Å². The molecule has 0 aliphatic carbocycles. The van der Waals surface area contributed by atoms with E-state index in [1.165, 1.54) is 17.7 Å². The summed E-state index contributed by atoms with van der Waals surface area (Å²) < 4.78 is 12.6. The Labute approximate surface area is 90.9 Å². The second-order valence-electron chi connectivity index (χ2n) is 3.82. The molecule has 2 N–H and O–H groups in total. The molecular formula is C12H19FN2. The lowest BCUT2D eigenvalue weighted by atomic mass is 10.1. The van der Waals surface area contributed by atoms with E-state index in [1.54, 1.807) is 0 Å². The molecule has 0 unspecified atom stereocenters. The van der Waals surface area contributed by atoms with Gasteiger partial charge in [0.2, 0.25) is 0 Å². The van der Waals surface area contributed by atoms with Crippen LogP contribution in [0.4, 0.5) is 4.39 Å². The van der Waals surface area contributed by atoms with Crippen LogP contribution in [0.5, 0.6) is 0 Å². The van der Waals surface area contributed by atoms with Crippen LogP contribution in [0, 0.1) is 5.82 Å². The van der Waals surface area contributed by atoms with Gasteiger partial charge in [-0.2, -0.15) is 0 Å². The lowest BCUT2D eigenvalue weighted by molar-refractivity contribution is 0.335. The number of halogens is 1. The molecule has 0 aromatic heterocycles. The highest BCUT2D eigenvalue weighted by molar-refractivity contribution is 5.16. The molecule has 1 aromatic carbocycles. The third-order valence-electron chi connectivity index (χ3n) is 2.44. The Balaban J connectivity index is 2.27. The molecule has 0 aliphatic rings. The van der Waals surface area contributed by atoms with E-state index < -0.39 is 0 Å². The fourth-order valence-electron chi connectivity index (χ4n) is 1.44. The minimum absolute atomic E-state index is 0.171. The van der Waals surface area contributed by atoms with Crippen LogP contribution in [0.2, 0.25) is 0 Å². The summed E-state index contributed by atoms with van der Waals surface area (Å²) in [6, 6.07) is 6.70. The smallest absolute Gasteiger partial charge is 0.123 e. The monoisotopic (exact) mass is 210 g/mol. The fraction of sp³-hybridized carbons (Fsp3) is 0.500. The third kappa shape index (κ3) is 4.91. The Hall–Kier alpha value is -0.930. The van der Waals surface area contributed by atoms with E-state index in [1.807, 2.05) is 12.1 Å². The Kier molecular flexibility index (Phi) is 5.29. The maximum atomic E-state index is 12.6. The summed E-state index contributed by atoms with van der Waals surface area (Å²) in [5.41, 5.74) is 6.61. The molecule has 0 spiro atoms. The first-order chi connectivity index (χ1) is 7.22. The molecule has 0 saturated carbocycles. The molecular weight excluding hydrogens is 191 g/mol. The van der Waals surface area contributed by atoms with Gasteiger partial charge in [0, 0.05) is 6.54 Å². The van der Waals surface area contributed by atoms with Gasteiger partial charge in [-0.3, -0.25) is 0 Å². The van der Waals surface area contributed by atoms with E-state index in [2.05, 4.69) is 11.9 Å². The number of rotatable bonds is 6. The molecule has 0 radical (unpaired) electrons. The molecule has 2 nitrogen and oxygen atoms in total. The Bertz CT molecular complexity index is 271. The van der Waals surface area contributed by atoms with Gasteiger partial charge in [0.1, 0.15) is 5.82 Å². The van der Waals surface area contributed by atoms with Crippen LogP contribution in [-0.2, 0) is 6.42 Å². The van der Waals surface area contributed by atoms with Gasteiger partial charge in [-0.15, -0.1) is 0 Å². The zero-order valence-corrected chi connectivity index (χ0v) is 9.25. The largest absolute Gasteiger partial charge is 0.330 e. The third-order valence-corrected chi connectivity index (χ3v) is 2.44. The van der Waals surface area contributed by atoms with Crippen molar-refractivity contribution in [1.82, 2.24) is 4.90 Å². The first-order valence-electron chi connectivity index (χ1n) is 5.35. The molecule has 1 aromatic rings. The normalized spacial score (nSPS) is 10.9. The number of benzene rings is 1. The minimum Gasteiger partial charge on any atom is -0.330 e. The molecule has 0 heterocycles. The lowest BCUT2D eigenvalue weighted by Crippen LogP contribution is -2.24. The van der Waals surface area contributed by atoms with E-state index in [-0.39, 0.29) is 5.82 Å². The van der Waals surface area contributed by atoms with Gasteiger partial charge >= 0.3 is 0 Å². The van der Waals surface area contributed by atoms with Crippen LogP contribution in [0.3, 0.4) is 0 Å². The lowest BCUT2D eigenvalue weighted by Gasteiger charge is -2.15. The van der Waals surface area contributed by atoms with E-state index in [9.17, 15) is 4.39 Å². The van der Waals surface area contributed by atoms with Crippen LogP contribution in [0.25, 0.3) is 0 Å². The van der Waals surface area contributed by atoms with E-state index in [4.69, 9.17) is 5.73 Å². The standard InChI is InChI=1S/C12H19FN2/c1-15(9-2-8-14)10-7-11-3-5-12(13)6-4-11/h3-6H,2,7-10,14H2,1H3. The molecule has 15 heavy (non-hydrogen) atoms. The molecule has 0 aliphatic heterocycles. The summed E-state index contributed by atoms with van der Waals surface area (Å²) >= 11 is 0. The Morgan fingerprint density at radius 3 is 2.47 bits per heavy atom. The first kappa shape index (κ1) is 12.1. The molecule has 0 amide bonds. The molecule has 3 heteroatoms. The van der Waals surface area contributed by atoms with Crippen molar-refractivity contribution in [2.45, 2.75) is 12.8 Å². The first-order valence-corrected chi connectivity index (χ1v) is 5.35. The van der Waals surface area contributed by atoms with Crippen molar-refractivity contribution in [2.75, 3.05) is 26.7 Å². The maximum absolute atomic E-state index is 12.6. The van der Waals surface area contributed by atoms with Crippen molar-refractivity contribution in [3.63, 3.8) is 0 Å². The molecule has 84 valence electrons. The van der Waals surface area contributed by atoms with Crippen LogP contribution in [0.1, 0.15) is 12.0 Å². The number of likely N-dealkylation sites (N-methyl/N-ethyl adjacent to an activating group) is 1. The Morgan fingerprint density at radius 1 is 1.20 bits per heavy atom. The predicted molar refractivity (Wildman–Crippen MR) is 61.3 cm³/mol. The molecule has 1 rings (SSSR count). The van der Waals surface area contributed by atoms with Crippen molar-refractivity contribution < 1.29 is 4.39 Å². The minimum atomic E-state index is -0.171. The summed E-state index contributed by atoms with van der Waals surface area (Å²) in [7, 11) is 2.08. The van der Waals surface area contributed by atoms with Gasteiger partial charge in [0.15, 0.2) is 0 Å². The number of nitrogens with zero attached hydrogens (tertiary/aromatic N) is 1. The molecule has 0 fully saturated rings. The van der Waals surface area contributed by atoms with E-state index in [0.717, 1.165) is 32.5 Å². The Morgan fingerprint density at radius 2 is 1.87 bits per heavy atom. The van der Waals surface area contributed by atoms with Gasteiger partial charge in [0.25, 0.3) is 0 Å². The van der Waals surface area contributed by atoms with Crippen molar-refractivity contribution in [3.05, 3.63) is 35.6 Å². The van der Waals surface area contributed by atoms with Crippen LogP contribution >= 0.6 is 0 Å². The molecule has 0 atom stereocenters. The second-order valence-corrected chi connectivity index (χ2v) is 3.82. The topological polar surface area (TPSA) is 29.3 Å². The predicted octanol–water partition coefficient (Wildman–Crippen LogP) is 1.65. The van der Waals surface area contributed by atoms with Gasteiger partial charge < -0.3 is 10.6 Å². The molecule has 0 bridgehead atoms. The summed E-state index contributed by atoms with van der Waals surface area (Å²) in [6.07, 6.45) is 1.99. The van der Waals surface area contributed by atoms with Crippen molar-refractivity contribution in [2.24, 2.45) is 5.73 Å². The number of nitrogens with two attached hydrogens (primary N) is 1. The fourth-order valence-corrected chi connectivity index (χ4v) is 1.44. The second kappa shape index (κ2) is 6.53. The van der Waals surface area contributed by atoms with Crippen molar-refractivity contribution in [3.8, 4) is 0 Å². The van der Waals surface area contributed by atoms with Crippen molar-refractivity contribution in [1.29, 1.82) is 0 Å². The van der Waals surface area contributed by atoms with Crippen LogP contribution in [0.15, 0.2) is 24.3 Å². The highest BCUT2D eigenvalue weighted by Crippen LogP contribution is 2.04. The summed E-state index contributed by atoms with van der Waals surface area (Å²) in [5, 5.41) is 0. The van der Waals surface area contributed by atoms with Crippen LogP contribution in [-0.4, -0.2) is 31.6 Å². The van der Waals surface area contributed by atoms with Crippen molar-refractivity contribution >= 4 is 0 Å². The highest BCUT2D eigenvalue weighted by atomic mass is 19.1. The average molecular weight is 210 g/mol. The summed E-state index contributed by atoms with van der Waals surface area (Å²) in [4.78, 5) is 2.25. The highest BCUT2D eigenvalue weighted by Gasteiger charge is 1.99. The average Bonchev–Trinajstić information content (AvgIpc) is 2.25. The van der Waals surface area contributed by atoms with Gasteiger partial charge in [-0.1, -0.05) is 12.1 Å². The zero-order valence-electron chi connectivity index (χ0n) is 9.25. The number of hydrogen-bond donors (Lipinski definition) is 1. The summed E-state index contributed by atoms with van der Waals surface area (Å²) in [6.45, 7) is 2.75. The number of hydrogen-bond acceptors (Lipinski definition) is 2. The molecule has 0 saturated heterocycles. The van der Waals surface area contributed by atoms with Gasteiger partial charge in [-0.05, 0) is 50.7 Å². The summed E-state index contributed by atoms with van der Waals surface area (Å²) in [5.74, 6) is -0.171.